The second kappa shape index (κ2) is 7.72. The van der Waals surface area contributed by atoms with Crippen molar-refractivity contribution in [3.8, 4) is 17.2 Å². The average molecular weight is 396 g/mol. The third-order valence-electron chi connectivity index (χ3n) is 5.18. The molecule has 0 saturated carbocycles. The Morgan fingerprint density at radius 1 is 1.07 bits per heavy atom. The first-order valence-corrected chi connectivity index (χ1v) is 9.42. The number of fused-ring (bicyclic) bond motifs is 1. The van der Waals surface area contributed by atoms with Crippen molar-refractivity contribution in [1.29, 1.82) is 5.26 Å². The normalized spacial score (nSPS) is 15.2. The van der Waals surface area contributed by atoms with Crippen LogP contribution in [0.4, 0.5) is 18.9 Å². The number of rotatable bonds is 3. The van der Waals surface area contributed by atoms with Gasteiger partial charge in [-0.3, -0.25) is 4.98 Å². The molecule has 0 aliphatic carbocycles. The monoisotopic (exact) mass is 396 g/mol. The van der Waals surface area contributed by atoms with Crippen LogP contribution in [0, 0.1) is 11.3 Å². The smallest absolute Gasteiger partial charge is 0.382 e. The predicted octanol–water partition coefficient (Wildman–Crippen LogP) is 4.96. The molecule has 4 rings (SSSR count). The third kappa shape index (κ3) is 4.17. The van der Waals surface area contributed by atoms with E-state index >= 15 is 0 Å². The minimum absolute atomic E-state index is 0.0162. The van der Waals surface area contributed by atoms with Gasteiger partial charge >= 0.3 is 6.18 Å². The SMILES string of the molecule is N#Cc1cc(-c2cc(NC3CCNCC3)c3cnccc3c2)cc(C(F)(F)F)c1. The van der Waals surface area contributed by atoms with E-state index in [0.29, 0.717) is 11.1 Å². The van der Waals surface area contributed by atoms with E-state index in [4.69, 9.17) is 0 Å². The number of hydrogen-bond acceptors (Lipinski definition) is 4. The van der Waals surface area contributed by atoms with Gasteiger partial charge in [0.15, 0.2) is 0 Å². The maximum absolute atomic E-state index is 13.3. The predicted molar refractivity (Wildman–Crippen MR) is 106 cm³/mol. The molecule has 2 heterocycles. The summed E-state index contributed by atoms with van der Waals surface area (Å²) in [6.07, 6.45) is 0.837. The van der Waals surface area contributed by atoms with Gasteiger partial charge in [0.25, 0.3) is 0 Å². The number of nitrogens with one attached hydrogen (secondary N) is 2. The van der Waals surface area contributed by atoms with Crippen molar-refractivity contribution in [2.75, 3.05) is 18.4 Å². The van der Waals surface area contributed by atoms with Gasteiger partial charge in [-0.05, 0) is 78.8 Å². The van der Waals surface area contributed by atoms with E-state index < -0.39 is 11.7 Å². The fraction of sp³-hybridized carbons (Fsp3) is 0.273. The van der Waals surface area contributed by atoms with Crippen LogP contribution in [0.25, 0.3) is 21.9 Å². The van der Waals surface area contributed by atoms with Gasteiger partial charge in [-0.2, -0.15) is 18.4 Å². The Hall–Kier alpha value is -3.11. The molecule has 148 valence electrons. The van der Waals surface area contributed by atoms with Crippen LogP contribution in [0.15, 0.2) is 48.8 Å². The van der Waals surface area contributed by atoms with E-state index in [1.54, 1.807) is 12.4 Å². The Labute approximate surface area is 166 Å². The number of nitriles is 1. The minimum Gasteiger partial charge on any atom is -0.382 e. The van der Waals surface area contributed by atoms with Crippen LogP contribution < -0.4 is 10.6 Å². The first-order chi connectivity index (χ1) is 13.9. The van der Waals surface area contributed by atoms with Crippen molar-refractivity contribution < 1.29 is 13.2 Å². The largest absolute Gasteiger partial charge is 0.416 e. The Morgan fingerprint density at radius 2 is 1.83 bits per heavy atom. The van der Waals surface area contributed by atoms with Gasteiger partial charge in [-0.25, -0.2) is 0 Å². The molecule has 3 aromatic rings. The highest BCUT2D eigenvalue weighted by Crippen LogP contribution is 2.36. The van der Waals surface area contributed by atoms with Gasteiger partial charge < -0.3 is 10.6 Å². The van der Waals surface area contributed by atoms with Crippen molar-refractivity contribution in [2.45, 2.75) is 25.1 Å². The van der Waals surface area contributed by atoms with Crippen molar-refractivity contribution in [1.82, 2.24) is 10.3 Å². The lowest BCUT2D eigenvalue weighted by Crippen LogP contribution is -2.35. The lowest BCUT2D eigenvalue weighted by molar-refractivity contribution is -0.137. The van der Waals surface area contributed by atoms with E-state index in [2.05, 4.69) is 15.6 Å². The number of pyridine rings is 1. The van der Waals surface area contributed by atoms with E-state index in [0.717, 1.165) is 54.5 Å². The van der Waals surface area contributed by atoms with E-state index in [9.17, 15) is 18.4 Å². The van der Waals surface area contributed by atoms with Crippen LogP contribution >= 0.6 is 0 Å². The highest BCUT2D eigenvalue weighted by molar-refractivity contribution is 5.97. The molecule has 1 aliphatic rings. The Bertz CT molecular complexity index is 1080. The van der Waals surface area contributed by atoms with Crippen LogP contribution in [0.3, 0.4) is 0 Å². The quantitative estimate of drug-likeness (QED) is 0.657. The molecule has 0 radical (unpaired) electrons. The van der Waals surface area contributed by atoms with Gasteiger partial charge in [0.1, 0.15) is 0 Å². The van der Waals surface area contributed by atoms with Crippen LogP contribution in [0.1, 0.15) is 24.0 Å². The molecule has 1 fully saturated rings. The average Bonchev–Trinajstić information content (AvgIpc) is 2.73. The van der Waals surface area contributed by atoms with Crippen molar-refractivity contribution in [3.05, 3.63) is 59.9 Å². The summed E-state index contributed by atoms with van der Waals surface area (Å²) < 4.78 is 39.9. The van der Waals surface area contributed by atoms with Crippen molar-refractivity contribution in [2.24, 2.45) is 0 Å². The Morgan fingerprint density at radius 3 is 2.55 bits per heavy atom. The summed E-state index contributed by atoms with van der Waals surface area (Å²) in [6, 6.07) is 11.1. The van der Waals surface area contributed by atoms with E-state index in [1.807, 2.05) is 24.3 Å². The summed E-state index contributed by atoms with van der Waals surface area (Å²) >= 11 is 0. The maximum Gasteiger partial charge on any atom is 0.416 e. The lowest BCUT2D eigenvalue weighted by Gasteiger charge is -2.25. The molecule has 2 aromatic carbocycles. The fourth-order valence-corrected chi connectivity index (χ4v) is 3.69. The molecule has 0 spiro atoms. The number of halogens is 3. The second-order valence-corrected chi connectivity index (χ2v) is 7.20. The van der Waals surface area contributed by atoms with Crippen molar-refractivity contribution in [3.63, 3.8) is 0 Å². The number of piperidine rings is 1. The molecule has 2 N–H and O–H groups in total. The number of nitrogens with zero attached hydrogens (tertiary/aromatic N) is 2. The minimum atomic E-state index is -4.52. The first kappa shape index (κ1) is 19.2. The summed E-state index contributed by atoms with van der Waals surface area (Å²) in [4.78, 5) is 4.20. The van der Waals surface area contributed by atoms with Gasteiger partial charge in [0.2, 0.25) is 0 Å². The molecule has 0 amide bonds. The van der Waals surface area contributed by atoms with E-state index in [-0.39, 0.29) is 11.6 Å². The number of hydrogen-bond donors (Lipinski definition) is 2. The van der Waals surface area contributed by atoms with Gasteiger partial charge in [0, 0.05) is 29.5 Å². The standard InChI is InChI=1S/C22H19F3N4/c23-22(24,25)18-8-14(12-26)7-16(10-18)17-9-15-1-4-28-13-20(15)21(11-17)29-19-2-5-27-6-3-19/h1,4,7-11,13,19,27,29H,2-3,5-6H2. The lowest BCUT2D eigenvalue weighted by atomic mass is 9.96. The summed E-state index contributed by atoms with van der Waals surface area (Å²) in [5.41, 5.74) is 0.992. The van der Waals surface area contributed by atoms with Crippen LogP contribution in [-0.2, 0) is 6.18 Å². The van der Waals surface area contributed by atoms with Crippen molar-refractivity contribution >= 4 is 16.5 Å². The number of benzene rings is 2. The maximum atomic E-state index is 13.3. The molecule has 1 aliphatic heterocycles. The molecule has 0 unspecified atom stereocenters. The number of alkyl halides is 3. The molecule has 1 aromatic heterocycles. The van der Waals surface area contributed by atoms with Gasteiger partial charge in [-0.15, -0.1) is 0 Å². The van der Waals surface area contributed by atoms with Gasteiger partial charge in [0.05, 0.1) is 17.2 Å². The molecule has 0 atom stereocenters. The van der Waals surface area contributed by atoms with E-state index in [1.165, 1.54) is 6.07 Å². The van der Waals surface area contributed by atoms with Crippen LogP contribution in [0.2, 0.25) is 0 Å². The zero-order valence-electron chi connectivity index (χ0n) is 15.6. The number of anilines is 1. The summed E-state index contributed by atoms with van der Waals surface area (Å²) in [6.45, 7) is 1.85. The molecule has 1 saturated heterocycles. The summed E-state index contributed by atoms with van der Waals surface area (Å²) in [5, 5.41) is 17.9. The first-order valence-electron chi connectivity index (χ1n) is 9.42. The molecule has 7 heteroatoms. The Kier molecular flexibility index (Phi) is 5.12. The molecular formula is C22H19F3N4. The topological polar surface area (TPSA) is 60.7 Å². The molecule has 29 heavy (non-hydrogen) atoms. The van der Waals surface area contributed by atoms with Gasteiger partial charge in [-0.1, -0.05) is 0 Å². The molecular weight excluding hydrogens is 377 g/mol. The fourth-order valence-electron chi connectivity index (χ4n) is 3.69. The van der Waals surface area contributed by atoms with Crippen LogP contribution in [-0.4, -0.2) is 24.1 Å². The third-order valence-corrected chi connectivity index (χ3v) is 5.18. The number of aromatic nitrogens is 1. The molecule has 4 nitrogen and oxygen atoms in total. The van der Waals surface area contributed by atoms with Crippen LogP contribution in [0.5, 0.6) is 0 Å². The highest BCUT2D eigenvalue weighted by Gasteiger charge is 2.31. The zero-order valence-corrected chi connectivity index (χ0v) is 15.6. The second-order valence-electron chi connectivity index (χ2n) is 7.20. The molecule has 0 bridgehead atoms. The highest BCUT2D eigenvalue weighted by atomic mass is 19.4. The zero-order chi connectivity index (χ0) is 20.4. The Balaban J connectivity index is 1.83. The summed E-state index contributed by atoms with van der Waals surface area (Å²) in [5.74, 6) is 0. The summed E-state index contributed by atoms with van der Waals surface area (Å²) in [7, 11) is 0.